The number of ether oxygens (including phenoxy) is 2. The summed E-state index contributed by atoms with van der Waals surface area (Å²) in [6.45, 7) is 3.85. The number of carbonyl (C=O) groups excluding carboxylic acids is 2. The van der Waals surface area contributed by atoms with Gasteiger partial charge in [-0.1, -0.05) is 30.3 Å². The van der Waals surface area contributed by atoms with Crippen molar-refractivity contribution in [2.45, 2.75) is 26.5 Å². The number of nitrogens with zero attached hydrogens (tertiary/aromatic N) is 1. The molecule has 0 saturated carbocycles. The van der Waals surface area contributed by atoms with Gasteiger partial charge in [0, 0.05) is 5.56 Å². The average Bonchev–Trinajstić information content (AvgIpc) is 2.86. The van der Waals surface area contributed by atoms with Crippen LogP contribution in [0.5, 0.6) is 11.5 Å². The summed E-state index contributed by atoms with van der Waals surface area (Å²) in [5.74, 6) is -0.588. The molecule has 0 atom stereocenters. The molecule has 6 heteroatoms. The number of amides is 2. The van der Waals surface area contributed by atoms with Crippen molar-refractivity contribution >= 4 is 17.4 Å². The second kappa shape index (κ2) is 7.53. The topological polar surface area (TPSA) is 76.1 Å². The normalized spacial score (nSPS) is 14.3. The third-order valence-electron chi connectivity index (χ3n) is 4.18. The van der Waals surface area contributed by atoms with Crippen LogP contribution in [0.2, 0.25) is 0 Å². The van der Waals surface area contributed by atoms with Crippen LogP contribution in [0.4, 0.5) is 0 Å². The van der Waals surface area contributed by atoms with Gasteiger partial charge in [-0.2, -0.15) is 0 Å². The van der Waals surface area contributed by atoms with Crippen LogP contribution in [0.15, 0.2) is 54.3 Å². The van der Waals surface area contributed by atoms with Gasteiger partial charge >= 0.3 is 0 Å². The molecule has 3 rings (SSSR count). The smallest absolute Gasteiger partial charge is 0.296 e. The molecule has 0 unspecified atom stereocenters. The van der Waals surface area contributed by atoms with Gasteiger partial charge in [0.2, 0.25) is 0 Å². The van der Waals surface area contributed by atoms with E-state index in [9.17, 15) is 14.7 Å². The third kappa shape index (κ3) is 3.65. The summed E-state index contributed by atoms with van der Waals surface area (Å²) >= 11 is 0. The summed E-state index contributed by atoms with van der Waals surface area (Å²) in [6, 6.07) is 13.8. The lowest BCUT2D eigenvalue weighted by Crippen LogP contribution is -2.31. The summed E-state index contributed by atoms with van der Waals surface area (Å²) < 4.78 is 10.8. The second-order valence-electron chi connectivity index (χ2n) is 6.42. The second-order valence-corrected chi connectivity index (χ2v) is 6.42. The quantitative estimate of drug-likeness (QED) is 0.793. The zero-order valence-corrected chi connectivity index (χ0v) is 15.4. The highest BCUT2D eigenvalue weighted by molar-refractivity contribution is 6.34. The molecule has 27 heavy (non-hydrogen) atoms. The Labute approximate surface area is 157 Å². The lowest BCUT2D eigenvalue weighted by molar-refractivity contribution is -0.138. The van der Waals surface area contributed by atoms with Gasteiger partial charge in [0.25, 0.3) is 11.8 Å². The van der Waals surface area contributed by atoms with Gasteiger partial charge in [-0.3, -0.25) is 14.5 Å². The average molecular weight is 367 g/mol. The first kappa shape index (κ1) is 18.5. The lowest BCUT2D eigenvalue weighted by Gasteiger charge is -2.16. The monoisotopic (exact) mass is 367 g/mol. The fourth-order valence-corrected chi connectivity index (χ4v) is 2.94. The first-order valence-corrected chi connectivity index (χ1v) is 8.60. The highest BCUT2D eigenvalue weighted by Crippen LogP contribution is 2.31. The van der Waals surface area contributed by atoms with Gasteiger partial charge in [0.15, 0.2) is 5.76 Å². The summed E-state index contributed by atoms with van der Waals surface area (Å²) in [4.78, 5) is 26.3. The van der Waals surface area contributed by atoms with Gasteiger partial charge in [0.1, 0.15) is 11.5 Å². The third-order valence-corrected chi connectivity index (χ3v) is 4.18. The molecule has 140 valence electrons. The van der Waals surface area contributed by atoms with Crippen molar-refractivity contribution < 1.29 is 24.2 Å². The molecule has 1 heterocycles. The lowest BCUT2D eigenvalue weighted by atomic mass is 10.1. The number of methoxy groups -OCH3 is 1. The predicted octanol–water partition coefficient (Wildman–Crippen LogP) is 3.32. The zero-order chi connectivity index (χ0) is 19.6. The molecule has 0 bridgehead atoms. The van der Waals surface area contributed by atoms with Crippen molar-refractivity contribution in [1.82, 2.24) is 4.90 Å². The van der Waals surface area contributed by atoms with E-state index < -0.39 is 17.6 Å². The van der Waals surface area contributed by atoms with Crippen LogP contribution in [-0.2, 0) is 16.1 Å². The Hall–Kier alpha value is -3.28. The molecule has 1 aliphatic heterocycles. The van der Waals surface area contributed by atoms with E-state index in [0.29, 0.717) is 22.6 Å². The molecule has 0 saturated heterocycles. The van der Waals surface area contributed by atoms with Crippen molar-refractivity contribution in [2.75, 3.05) is 7.11 Å². The Kier molecular flexibility index (Phi) is 5.16. The number of aliphatic hydroxyl groups excluding tert-OH is 1. The number of para-hydroxylation sites is 1. The van der Waals surface area contributed by atoms with Gasteiger partial charge in [0.05, 0.1) is 25.3 Å². The van der Waals surface area contributed by atoms with Crippen LogP contribution in [0.1, 0.15) is 25.0 Å². The van der Waals surface area contributed by atoms with E-state index in [0.717, 1.165) is 4.90 Å². The number of imide groups is 1. The van der Waals surface area contributed by atoms with E-state index in [-0.39, 0.29) is 18.2 Å². The molecule has 6 nitrogen and oxygen atoms in total. The van der Waals surface area contributed by atoms with Crippen molar-refractivity contribution in [3.63, 3.8) is 0 Å². The van der Waals surface area contributed by atoms with Crippen molar-refractivity contribution in [2.24, 2.45) is 0 Å². The van der Waals surface area contributed by atoms with Crippen LogP contribution in [0, 0.1) is 0 Å². The standard InChI is InChI=1S/C21H21NO5/c1-13(2)27-16-10-8-14(9-11-16)18-19(23)21(25)22(20(18)24)12-15-6-4-5-7-17(15)26-3/h4-11,13,23H,12H2,1-3H3. The van der Waals surface area contributed by atoms with Crippen LogP contribution in [0.3, 0.4) is 0 Å². The Morgan fingerprint density at radius 1 is 1.00 bits per heavy atom. The van der Waals surface area contributed by atoms with Crippen LogP contribution in [-0.4, -0.2) is 35.0 Å². The van der Waals surface area contributed by atoms with Crippen LogP contribution >= 0.6 is 0 Å². The van der Waals surface area contributed by atoms with Crippen molar-refractivity contribution in [1.29, 1.82) is 0 Å². The van der Waals surface area contributed by atoms with Crippen molar-refractivity contribution in [3.8, 4) is 11.5 Å². The number of hydrogen-bond donors (Lipinski definition) is 1. The van der Waals surface area contributed by atoms with Crippen molar-refractivity contribution in [3.05, 3.63) is 65.4 Å². The zero-order valence-electron chi connectivity index (χ0n) is 15.4. The van der Waals surface area contributed by atoms with E-state index >= 15 is 0 Å². The predicted molar refractivity (Wildman–Crippen MR) is 100 cm³/mol. The maximum absolute atomic E-state index is 12.8. The van der Waals surface area contributed by atoms with Gasteiger partial charge in [-0.25, -0.2) is 0 Å². The molecule has 0 radical (unpaired) electrons. The number of hydrogen-bond acceptors (Lipinski definition) is 5. The van der Waals surface area contributed by atoms with E-state index in [1.807, 2.05) is 13.8 Å². The van der Waals surface area contributed by atoms with E-state index in [2.05, 4.69) is 0 Å². The Bertz CT molecular complexity index is 899. The summed E-state index contributed by atoms with van der Waals surface area (Å²) in [7, 11) is 1.52. The molecule has 0 fully saturated rings. The summed E-state index contributed by atoms with van der Waals surface area (Å²) in [6.07, 6.45) is 0.0227. The molecule has 0 spiro atoms. The molecule has 1 aliphatic rings. The summed E-state index contributed by atoms with van der Waals surface area (Å²) in [5.41, 5.74) is 1.13. The number of aliphatic hydroxyl groups is 1. The minimum absolute atomic E-state index is 0.00834. The highest BCUT2D eigenvalue weighted by Gasteiger charge is 2.39. The maximum Gasteiger partial charge on any atom is 0.296 e. The molecule has 2 aromatic carbocycles. The van der Waals surface area contributed by atoms with Gasteiger partial charge in [-0.15, -0.1) is 0 Å². The Balaban J connectivity index is 1.86. The molecular formula is C21H21NO5. The molecule has 0 aliphatic carbocycles. The van der Waals surface area contributed by atoms with Gasteiger partial charge in [-0.05, 0) is 37.6 Å². The maximum atomic E-state index is 12.8. The van der Waals surface area contributed by atoms with E-state index in [1.165, 1.54) is 7.11 Å². The Morgan fingerprint density at radius 3 is 2.30 bits per heavy atom. The number of benzene rings is 2. The molecule has 2 aromatic rings. The summed E-state index contributed by atoms with van der Waals surface area (Å²) in [5, 5.41) is 10.3. The van der Waals surface area contributed by atoms with E-state index in [4.69, 9.17) is 9.47 Å². The largest absolute Gasteiger partial charge is 0.502 e. The van der Waals surface area contributed by atoms with Gasteiger partial charge < -0.3 is 14.6 Å². The molecule has 0 aromatic heterocycles. The molecule has 1 N–H and O–H groups in total. The molecule has 2 amide bonds. The minimum Gasteiger partial charge on any atom is -0.502 e. The SMILES string of the molecule is COc1ccccc1CN1C(=O)C(O)=C(c2ccc(OC(C)C)cc2)C1=O. The highest BCUT2D eigenvalue weighted by atomic mass is 16.5. The van der Waals surface area contributed by atoms with Crippen LogP contribution < -0.4 is 9.47 Å². The molecular weight excluding hydrogens is 346 g/mol. The van der Waals surface area contributed by atoms with Crippen LogP contribution in [0.25, 0.3) is 5.57 Å². The van der Waals surface area contributed by atoms with E-state index in [1.54, 1.807) is 48.5 Å². The fraction of sp³-hybridized carbons (Fsp3) is 0.238. The number of rotatable bonds is 6. The minimum atomic E-state index is -0.719. The first-order chi connectivity index (χ1) is 12.9. The number of carbonyl (C=O) groups is 2. The Morgan fingerprint density at radius 2 is 1.67 bits per heavy atom. The first-order valence-electron chi connectivity index (χ1n) is 8.60. The fourth-order valence-electron chi connectivity index (χ4n) is 2.94.